The van der Waals surface area contributed by atoms with E-state index in [-0.39, 0.29) is 15.7 Å². The Morgan fingerprint density at radius 2 is 1.58 bits per heavy atom. The number of carbonyl (C=O) groups is 1. The normalized spacial score (nSPS) is 13.7. The molecule has 202 valence electrons. The van der Waals surface area contributed by atoms with Crippen LogP contribution in [0.15, 0.2) is 42.7 Å². The molecular weight excluding hydrogens is 529 g/mol. The van der Waals surface area contributed by atoms with E-state index < -0.39 is 6.03 Å². The molecule has 0 atom stereocenters. The summed E-state index contributed by atoms with van der Waals surface area (Å²) in [6.07, 6.45) is 1.37. The number of anilines is 5. The highest BCUT2D eigenvalue weighted by Crippen LogP contribution is 2.45. The number of methoxy groups -OCH3 is 2. The number of nitrogens with zero attached hydrogens (tertiary/aromatic N) is 5. The molecule has 0 aliphatic carbocycles. The fourth-order valence-corrected chi connectivity index (χ4v) is 4.94. The van der Waals surface area contributed by atoms with Crippen LogP contribution in [0, 0.1) is 0 Å². The maximum Gasteiger partial charge on any atom is 0.327 e. The number of nitrogens with one attached hydrogen (secondary N) is 2. The Hall–Kier alpha value is -3.47. The average Bonchev–Trinajstić information content (AvgIpc) is 2.94. The van der Waals surface area contributed by atoms with Crippen molar-refractivity contribution >= 4 is 57.9 Å². The van der Waals surface area contributed by atoms with Crippen molar-refractivity contribution in [3.05, 3.63) is 52.8 Å². The minimum absolute atomic E-state index is 0.177. The highest BCUT2D eigenvalue weighted by molar-refractivity contribution is 6.42. The van der Waals surface area contributed by atoms with Gasteiger partial charge in [0, 0.05) is 56.7 Å². The van der Waals surface area contributed by atoms with E-state index in [1.165, 1.54) is 38.2 Å². The Balaban J connectivity index is 1.43. The van der Waals surface area contributed by atoms with Crippen LogP contribution in [0.2, 0.25) is 10.0 Å². The van der Waals surface area contributed by atoms with E-state index >= 15 is 0 Å². The Morgan fingerprint density at radius 3 is 2.16 bits per heavy atom. The van der Waals surface area contributed by atoms with Crippen molar-refractivity contribution in [2.45, 2.75) is 6.92 Å². The lowest BCUT2D eigenvalue weighted by Gasteiger charge is -2.35. The van der Waals surface area contributed by atoms with Crippen LogP contribution in [-0.2, 0) is 0 Å². The van der Waals surface area contributed by atoms with Crippen LogP contribution in [0.4, 0.5) is 33.5 Å². The van der Waals surface area contributed by atoms with Crippen LogP contribution in [0.25, 0.3) is 0 Å². The smallest absolute Gasteiger partial charge is 0.327 e. The molecule has 4 rings (SSSR count). The van der Waals surface area contributed by atoms with Gasteiger partial charge in [-0.3, -0.25) is 10.2 Å². The lowest BCUT2D eigenvalue weighted by atomic mass is 10.2. The van der Waals surface area contributed by atoms with Crippen molar-refractivity contribution in [1.82, 2.24) is 14.9 Å². The first kappa shape index (κ1) is 27.6. The first-order valence-electron chi connectivity index (χ1n) is 12.2. The number of piperazine rings is 1. The third kappa shape index (κ3) is 6.15. The number of benzene rings is 2. The Labute approximate surface area is 232 Å². The van der Waals surface area contributed by atoms with E-state index in [1.54, 1.807) is 12.1 Å². The summed E-state index contributed by atoms with van der Waals surface area (Å²) in [6, 6.07) is 10.9. The number of hydrogen-bond acceptors (Lipinski definition) is 8. The molecule has 2 N–H and O–H groups in total. The van der Waals surface area contributed by atoms with Gasteiger partial charge >= 0.3 is 6.03 Å². The van der Waals surface area contributed by atoms with Crippen LogP contribution in [0.1, 0.15) is 6.92 Å². The summed E-state index contributed by atoms with van der Waals surface area (Å²) in [6.45, 7) is 7.47. The Kier molecular flexibility index (Phi) is 8.98. The zero-order chi connectivity index (χ0) is 27.2. The molecule has 0 bridgehead atoms. The van der Waals surface area contributed by atoms with Gasteiger partial charge in [-0.25, -0.2) is 14.8 Å². The van der Waals surface area contributed by atoms with Crippen LogP contribution in [0.5, 0.6) is 11.5 Å². The van der Waals surface area contributed by atoms with Gasteiger partial charge in [-0.2, -0.15) is 0 Å². The zero-order valence-electron chi connectivity index (χ0n) is 21.8. The summed E-state index contributed by atoms with van der Waals surface area (Å²) in [7, 11) is 4.47. The molecule has 1 saturated heterocycles. The molecule has 1 aliphatic rings. The molecule has 0 saturated carbocycles. The molecule has 1 fully saturated rings. The van der Waals surface area contributed by atoms with Gasteiger partial charge in [-0.15, -0.1) is 0 Å². The average molecular weight is 560 g/mol. The number of urea groups is 1. The van der Waals surface area contributed by atoms with E-state index in [4.69, 9.17) is 32.7 Å². The van der Waals surface area contributed by atoms with Gasteiger partial charge < -0.3 is 24.6 Å². The van der Waals surface area contributed by atoms with Gasteiger partial charge in [0.2, 0.25) is 0 Å². The molecule has 1 aliphatic heterocycles. The van der Waals surface area contributed by atoms with Gasteiger partial charge in [0.1, 0.15) is 39.5 Å². The number of rotatable bonds is 8. The van der Waals surface area contributed by atoms with Crippen molar-refractivity contribution in [2.24, 2.45) is 0 Å². The monoisotopic (exact) mass is 559 g/mol. The highest BCUT2D eigenvalue weighted by atomic mass is 35.5. The number of amides is 2. The van der Waals surface area contributed by atoms with Crippen molar-refractivity contribution in [3.8, 4) is 11.5 Å². The lowest BCUT2D eigenvalue weighted by molar-refractivity contribution is 0.258. The second kappa shape index (κ2) is 12.4. The number of hydrogen-bond donors (Lipinski definition) is 2. The molecule has 10 nitrogen and oxygen atoms in total. The molecule has 2 aromatic carbocycles. The first-order chi connectivity index (χ1) is 18.3. The number of aromatic nitrogens is 2. The van der Waals surface area contributed by atoms with Crippen LogP contribution < -0.4 is 29.9 Å². The maximum atomic E-state index is 13.0. The van der Waals surface area contributed by atoms with E-state index in [1.807, 2.05) is 12.1 Å². The minimum Gasteiger partial charge on any atom is -0.495 e. The Bertz CT molecular complexity index is 1240. The molecular formula is C26H31Cl2N7O3. The van der Waals surface area contributed by atoms with Crippen LogP contribution >= 0.6 is 23.2 Å². The fourth-order valence-electron chi connectivity index (χ4n) is 4.18. The highest BCUT2D eigenvalue weighted by Gasteiger charge is 2.24. The van der Waals surface area contributed by atoms with Gasteiger partial charge in [-0.1, -0.05) is 30.1 Å². The molecule has 3 aromatic rings. The van der Waals surface area contributed by atoms with E-state index in [0.717, 1.165) is 38.4 Å². The molecule has 2 heterocycles. The van der Waals surface area contributed by atoms with Gasteiger partial charge in [0.25, 0.3) is 0 Å². The molecule has 38 heavy (non-hydrogen) atoms. The summed E-state index contributed by atoms with van der Waals surface area (Å²) in [5.41, 5.74) is 2.30. The van der Waals surface area contributed by atoms with E-state index in [2.05, 4.69) is 49.5 Å². The lowest BCUT2D eigenvalue weighted by Crippen LogP contribution is -2.46. The largest absolute Gasteiger partial charge is 0.495 e. The summed E-state index contributed by atoms with van der Waals surface area (Å²) in [5.74, 6) is 1.48. The summed E-state index contributed by atoms with van der Waals surface area (Å²) in [5, 5.41) is 6.35. The minimum atomic E-state index is -0.513. The number of ether oxygens (including phenoxy) is 2. The van der Waals surface area contributed by atoms with Crippen LogP contribution in [0.3, 0.4) is 0 Å². The number of halogens is 2. The number of likely N-dealkylation sites (N-methyl/N-ethyl adjacent to an activating group) is 1. The Morgan fingerprint density at radius 1 is 0.974 bits per heavy atom. The third-order valence-electron chi connectivity index (χ3n) is 6.42. The topological polar surface area (TPSA) is 95.1 Å². The molecule has 1 aromatic heterocycles. The van der Waals surface area contributed by atoms with Gasteiger partial charge in [0.15, 0.2) is 0 Å². The van der Waals surface area contributed by atoms with Crippen molar-refractivity contribution < 1.29 is 14.3 Å². The predicted molar refractivity (Wildman–Crippen MR) is 153 cm³/mol. The van der Waals surface area contributed by atoms with Crippen molar-refractivity contribution in [1.29, 1.82) is 0 Å². The second-order valence-electron chi connectivity index (χ2n) is 8.63. The van der Waals surface area contributed by atoms with Gasteiger partial charge in [0.05, 0.1) is 19.9 Å². The fraction of sp³-hybridized carbons (Fsp3) is 0.346. The van der Waals surface area contributed by atoms with Crippen LogP contribution in [-0.4, -0.2) is 74.9 Å². The maximum absolute atomic E-state index is 13.0. The molecule has 12 heteroatoms. The second-order valence-corrected chi connectivity index (χ2v) is 9.38. The summed E-state index contributed by atoms with van der Waals surface area (Å²) >= 11 is 12.9. The quantitative estimate of drug-likeness (QED) is 0.381. The summed E-state index contributed by atoms with van der Waals surface area (Å²) in [4.78, 5) is 27.6. The van der Waals surface area contributed by atoms with Crippen molar-refractivity contribution in [3.63, 3.8) is 0 Å². The molecule has 0 radical (unpaired) electrons. The van der Waals surface area contributed by atoms with E-state index in [9.17, 15) is 4.79 Å². The van der Waals surface area contributed by atoms with Gasteiger partial charge in [-0.05, 0) is 30.8 Å². The van der Waals surface area contributed by atoms with Crippen molar-refractivity contribution in [2.75, 3.05) is 74.4 Å². The number of carbonyl (C=O) groups excluding carboxylic acids is 1. The predicted octanol–water partition coefficient (Wildman–Crippen LogP) is 5.35. The standard InChI is InChI=1S/C26H31Cl2N7O3/c1-5-34-10-12-35(13-11-34)18-8-6-17(7-9-18)31-21-15-22(30-16-29-21)32-26(36)33(2)25-23(27)19(37-3)14-20(38-4)24(25)28/h6-9,14-16H,5,10-13H2,1-4H3,(H2,29,30,31,32,36). The SMILES string of the molecule is CCN1CCN(c2ccc(Nc3cc(NC(=O)N(C)c4c(Cl)c(OC)cc(OC)c4Cl)ncn3)cc2)CC1. The first-order valence-corrected chi connectivity index (χ1v) is 12.9. The third-order valence-corrected chi connectivity index (χ3v) is 7.15. The molecule has 2 amide bonds. The zero-order valence-corrected chi connectivity index (χ0v) is 23.3. The van der Waals surface area contributed by atoms with E-state index in [0.29, 0.717) is 23.1 Å². The molecule has 0 spiro atoms. The molecule has 0 unspecified atom stereocenters. The summed E-state index contributed by atoms with van der Waals surface area (Å²) < 4.78 is 10.6.